The number of para-hydroxylation sites is 1. The van der Waals surface area contributed by atoms with E-state index < -0.39 is 11.6 Å². The predicted octanol–water partition coefficient (Wildman–Crippen LogP) is 11.7. The summed E-state index contributed by atoms with van der Waals surface area (Å²) < 4.78 is 6.02. The summed E-state index contributed by atoms with van der Waals surface area (Å²) in [6.45, 7) is 9.01. The van der Waals surface area contributed by atoms with Crippen LogP contribution in [-0.2, 0) is 13.1 Å². The summed E-state index contributed by atoms with van der Waals surface area (Å²) in [4.78, 5) is 36.6. The van der Waals surface area contributed by atoms with Gasteiger partial charge in [-0.25, -0.2) is 0 Å². The van der Waals surface area contributed by atoms with Crippen molar-refractivity contribution in [3.05, 3.63) is 216 Å². The minimum Gasteiger partial charge on any atom is -0.457 e. The first kappa shape index (κ1) is 41.7. The van der Waals surface area contributed by atoms with Crippen molar-refractivity contribution in [1.82, 2.24) is 9.80 Å². The number of hydrogen-bond donors (Lipinski definition) is 0. The smallest absolute Gasteiger partial charge is 0.233 e. The van der Waals surface area contributed by atoms with Gasteiger partial charge in [0.2, 0.25) is 11.6 Å². The normalized spacial score (nSPS) is 14.6. The summed E-state index contributed by atoms with van der Waals surface area (Å²) in [5.74, 6) is 0.674. The van der Waals surface area contributed by atoms with Crippen LogP contribution in [0.25, 0.3) is 33.0 Å². The van der Waals surface area contributed by atoms with Gasteiger partial charge in [0.05, 0.1) is 0 Å². The van der Waals surface area contributed by atoms with Crippen molar-refractivity contribution in [2.75, 3.05) is 62.2 Å². The molecule has 0 radical (unpaired) electrons. The van der Waals surface area contributed by atoms with Crippen LogP contribution >= 0.6 is 0 Å². The number of ketones is 2. The number of nitrogens with zero attached hydrogens (tertiary/aromatic N) is 4. The molecule has 0 amide bonds. The van der Waals surface area contributed by atoms with E-state index >= 15 is 0 Å². The van der Waals surface area contributed by atoms with Crippen LogP contribution in [0.3, 0.4) is 0 Å². The van der Waals surface area contributed by atoms with E-state index in [1.807, 2.05) is 66.7 Å². The lowest BCUT2D eigenvalue weighted by Crippen LogP contribution is -2.46. The van der Waals surface area contributed by atoms with Gasteiger partial charge in [-0.15, -0.1) is 0 Å². The number of Topliss-reactive ketones (excluding diaryl/α,β-unsaturated/α-hetero) is 2. The monoisotopic (exact) mass is 852 g/mol. The van der Waals surface area contributed by atoms with E-state index in [1.54, 1.807) is 24.3 Å². The lowest BCUT2D eigenvalue weighted by Gasteiger charge is -2.36. The highest BCUT2D eigenvalue weighted by Gasteiger charge is 2.23. The van der Waals surface area contributed by atoms with Gasteiger partial charge in [0.15, 0.2) is 0 Å². The van der Waals surface area contributed by atoms with E-state index in [1.165, 1.54) is 44.2 Å². The first-order chi connectivity index (χ1) is 32.0. The zero-order valence-corrected chi connectivity index (χ0v) is 36.6. The van der Waals surface area contributed by atoms with Crippen molar-refractivity contribution in [2.45, 2.75) is 13.1 Å². The Morgan fingerprint density at radius 1 is 0.385 bits per heavy atom. The Balaban J connectivity index is 0.698. The van der Waals surface area contributed by atoms with Crippen LogP contribution in [0.5, 0.6) is 11.5 Å². The molecule has 7 heteroatoms. The standard InChI is InChI=1S/C58H52N4O3/c63-57(58(64)46-22-28-52(29-23-46)62-38-34-60(35-39-62)42-50-13-7-9-17-56(50)48-19-18-43-10-4-5-11-47(43)40-48)45-20-26-51(27-21-45)61-36-32-59(33-37-61)41-49-12-6-8-16-55(49)44-24-30-54(31-25-44)65-53-14-2-1-3-15-53/h1-31,40H,32-39,41-42H2. The Labute approximate surface area is 381 Å². The van der Waals surface area contributed by atoms with Crippen molar-refractivity contribution in [3.63, 3.8) is 0 Å². The molecular weight excluding hydrogens is 801 g/mol. The summed E-state index contributed by atoms with van der Waals surface area (Å²) in [5.41, 5.74) is 10.5. The van der Waals surface area contributed by atoms with Crippen LogP contribution in [0.4, 0.5) is 11.4 Å². The third-order valence-electron chi connectivity index (χ3n) is 13.0. The number of anilines is 2. The summed E-state index contributed by atoms with van der Waals surface area (Å²) >= 11 is 0. The molecule has 0 saturated carbocycles. The molecule has 8 aromatic rings. The van der Waals surface area contributed by atoms with Gasteiger partial charge >= 0.3 is 0 Å². The molecule has 2 aliphatic rings. The highest BCUT2D eigenvalue weighted by molar-refractivity contribution is 6.49. The highest BCUT2D eigenvalue weighted by Crippen LogP contribution is 2.31. The highest BCUT2D eigenvalue weighted by atomic mass is 16.5. The number of benzene rings is 8. The molecule has 0 aromatic heterocycles. The maximum Gasteiger partial charge on any atom is 0.233 e. The third kappa shape index (κ3) is 9.63. The molecule has 0 spiro atoms. The van der Waals surface area contributed by atoms with E-state index in [-0.39, 0.29) is 0 Å². The summed E-state index contributed by atoms with van der Waals surface area (Å²) in [6, 6.07) is 65.9. The molecule has 2 heterocycles. The Morgan fingerprint density at radius 3 is 1.35 bits per heavy atom. The van der Waals surface area contributed by atoms with Crippen LogP contribution in [0, 0.1) is 0 Å². The molecule has 2 aliphatic heterocycles. The van der Waals surface area contributed by atoms with Crippen molar-refractivity contribution in [3.8, 4) is 33.8 Å². The first-order valence-corrected chi connectivity index (χ1v) is 22.7. The van der Waals surface area contributed by atoms with Gasteiger partial charge in [0.1, 0.15) is 11.5 Å². The van der Waals surface area contributed by atoms with Gasteiger partial charge in [-0.05, 0) is 123 Å². The van der Waals surface area contributed by atoms with E-state index in [2.05, 4.69) is 123 Å². The van der Waals surface area contributed by atoms with Crippen LogP contribution in [-0.4, -0.2) is 73.7 Å². The first-order valence-electron chi connectivity index (χ1n) is 22.7. The van der Waals surface area contributed by atoms with Crippen molar-refractivity contribution >= 4 is 33.7 Å². The molecule has 2 fully saturated rings. The second-order valence-corrected chi connectivity index (χ2v) is 17.1. The number of ether oxygens (including phenoxy) is 1. The van der Waals surface area contributed by atoms with E-state index in [0.29, 0.717) is 11.1 Å². The topological polar surface area (TPSA) is 56.3 Å². The number of fused-ring (bicyclic) bond motifs is 1. The molecule has 65 heavy (non-hydrogen) atoms. The SMILES string of the molecule is O=C(C(=O)c1ccc(N2CCN(Cc3ccccc3-c3ccc4ccccc4c3)CC2)cc1)c1ccc(N2CCN(Cc3ccccc3-c3ccc(Oc4ccccc4)cc3)CC2)cc1. The molecule has 7 nitrogen and oxygen atoms in total. The van der Waals surface area contributed by atoms with E-state index in [0.717, 1.165) is 88.3 Å². The van der Waals surface area contributed by atoms with Crippen LogP contribution in [0.2, 0.25) is 0 Å². The van der Waals surface area contributed by atoms with Crippen molar-refractivity contribution in [1.29, 1.82) is 0 Å². The summed E-state index contributed by atoms with van der Waals surface area (Å²) in [6.07, 6.45) is 0. The van der Waals surface area contributed by atoms with Crippen molar-refractivity contribution < 1.29 is 14.3 Å². The summed E-state index contributed by atoms with van der Waals surface area (Å²) in [5, 5.41) is 2.51. The maximum atomic E-state index is 13.4. The minimum atomic E-state index is -0.483. The number of hydrogen-bond acceptors (Lipinski definition) is 7. The fraction of sp³-hybridized carbons (Fsp3) is 0.172. The lowest BCUT2D eigenvalue weighted by molar-refractivity contribution is 0.0817. The Kier molecular flexibility index (Phi) is 12.3. The third-order valence-corrected chi connectivity index (χ3v) is 13.0. The molecule has 0 unspecified atom stereocenters. The molecule has 322 valence electrons. The number of piperazine rings is 2. The molecule has 0 N–H and O–H groups in total. The fourth-order valence-electron chi connectivity index (χ4n) is 9.28. The largest absolute Gasteiger partial charge is 0.457 e. The number of rotatable bonds is 13. The molecule has 0 atom stereocenters. The number of carbonyl (C=O) groups excluding carboxylic acids is 2. The minimum absolute atomic E-state index is 0.413. The maximum absolute atomic E-state index is 13.4. The second kappa shape index (κ2) is 19.2. The molecule has 0 bridgehead atoms. The molecule has 8 aromatic carbocycles. The van der Waals surface area contributed by atoms with Crippen LogP contribution in [0.15, 0.2) is 194 Å². The Morgan fingerprint density at radius 2 is 0.815 bits per heavy atom. The molecule has 0 aliphatic carbocycles. The van der Waals surface area contributed by atoms with Gasteiger partial charge < -0.3 is 14.5 Å². The van der Waals surface area contributed by atoms with Gasteiger partial charge in [-0.2, -0.15) is 0 Å². The average molecular weight is 853 g/mol. The molecule has 10 rings (SSSR count). The van der Waals surface area contributed by atoms with Gasteiger partial charge in [-0.1, -0.05) is 115 Å². The zero-order valence-electron chi connectivity index (χ0n) is 36.6. The lowest BCUT2D eigenvalue weighted by atomic mass is 9.96. The Bertz CT molecular complexity index is 2900. The second-order valence-electron chi connectivity index (χ2n) is 17.1. The number of carbonyl (C=O) groups is 2. The van der Waals surface area contributed by atoms with Crippen LogP contribution in [0.1, 0.15) is 31.8 Å². The van der Waals surface area contributed by atoms with Gasteiger partial charge in [-0.3, -0.25) is 19.4 Å². The Hall–Kier alpha value is -7.32. The van der Waals surface area contributed by atoms with E-state index in [9.17, 15) is 9.59 Å². The summed E-state index contributed by atoms with van der Waals surface area (Å²) in [7, 11) is 0. The quantitative estimate of drug-likeness (QED) is 0.0846. The average Bonchev–Trinajstić information content (AvgIpc) is 3.37. The molecule has 2 saturated heterocycles. The molecular formula is C58H52N4O3. The van der Waals surface area contributed by atoms with E-state index in [4.69, 9.17) is 4.74 Å². The van der Waals surface area contributed by atoms with Gasteiger partial charge in [0, 0.05) is 87.9 Å². The van der Waals surface area contributed by atoms with Crippen molar-refractivity contribution in [2.24, 2.45) is 0 Å². The van der Waals surface area contributed by atoms with Gasteiger partial charge in [0.25, 0.3) is 0 Å². The zero-order chi connectivity index (χ0) is 44.0. The van der Waals surface area contributed by atoms with Crippen LogP contribution < -0.4 is 14.5 Å². The fourth-order valence-corrected chi connectivity index (χ4v) is 9.28. The predicted molar refractivity (Wildman–Crippen MR) is 264 cm³/mol.